The molecule has 1 N–H and O–H groups in total. The van der Waals surface area contributed by atoms with Crippen LogP contribution in [0.1, 0.15) is 19.5 Å². The minimum atomic E-state index is -0.276. The van der Waals surface area contributed by atoms with Gasteiger partial charge in [-0.15, -0.1) is 0 Å². The third-order valence-corrected chi connectivity index (χ3v) is 4.56. The topological polar surface area (TPSA) is 61.6 Å². The molecule has 0 aliphatic heterocycles. The lowest BCUT2D eigenvalue weighted by atomic mass is 10.2. The number of rotatable bonds is 15. The molecular formula is C25H35FN4O2. The van der Waals surface area contributed by atoms with Crippen LogP contribution in [0.25, 0.3) is 0 Å². The van der Waals surface area contributed by atoms with Crippen molar-refractivity contribution in [1.29, 1.82) is 0 Å². The van der Waals surface area contributed by atoms with Gasteiger partial charge in [0.2, 0.25) is 0 Å². The summed E-state index contributed by atoms with van der Waals surface area (Å²) >= 11 is 0. The van der Waals surface area contributed by atoms with E-state index in [-0.39, 0.29) is 11.6 Å². The van der Waals surface area contributed by atoms with Gasteiger partial charge in [-0.2, -0.15) is 0 Å². The van der Waals surface area contributed by atoms with Crippen LogP contribution >= 0.6 is 0 Å². The molecule has 0 bridgehead atoms. The molecule has 32 heavy (non-hydrogen) atoms. The summed E-state index contributed by atoms with van der Waals surface area (Å²) in [6.07, 6.45) is 14.5. The summed E-state index contributed by atoms with van der Waals surface area (Å²) in [5, 5.41) is 9.54. The molecule has 174 valence electrons. The average Bonchev–Trinajstić information content (AvgIpc) is 3.12. The first-order chi connectivity index (χ1) is 15.3. The zero-order valence-corrected chi connectivity index (χ0v) is 19.4. The maximum absolute atomic E-state index is 13.4. The van der Waals surface area contributed by atoms with Gasteiger partial charge in [-0.3, -0.25) is 4.90 Å². The quantitative estimate of drug-likeness (QED) is 0.248. The van der Waals surface area contributed by atoms with Gasteiger partial charge in [-0.05, 0) is 44.2 Å². The highest BCUT2D eigenvalue weighted by molar-refractivity contribution is 5.52. The number of imidazole rings is 1. The van der Waals surface area contributed by atoms with Crippen LogP contribution in [-0.4, -0.2) is 64.0 Å². The normalized spacial score (nSPS) is 13.7. The van der Waals surface area contributed by atoms with Crippen molar-refractivity contribution < 1.29 is 14.3 Å². The molecule has 0 aliphatic carbocycles. The summed E-state index contributed by atoms with van der Waals surface area (Å²) in [6.45, 7) is 13.8. The number of aliphatic hydroxyl groups is 1. The number of hydrogen-bond donors (Lipinski definition) is 1. The predicted molar refractivity (Wildman–Crippen MR) is 129 cm³/mol. The maximum atomic E-state index is 13.4. The van der Waals surface area contributed by atoms with Gasteiger partial charge >= 0.3 is 0 Å². The molecule has 7 heteroatoms. The van der Waals surface area contributed by atoms with Crippen molar-refractivity contribution in [2.24, 2.45) is 0 Å². The summed E-state index contributed by atoms with van der Waals surface area (Å²) in [5.74, 6) is -0.0356. The number of nitrogens with zero attached hydrogens (tertiary/aromatic N) is 4. The molecule has 0 fully saturated rings. The highest BCUT2D eigenvalue weighted by Gasteiger charge is 2.12. The van der Waals surface area contributed by atoms with Crippen LogP contribution in [0.4, 0.5) is 4.39 Å². The second-order valence-corrected chi connectivity index (χ2v) is 7.62. The van der Waals surface area contributed by atoms with E-state index in [9.17, 15) is 14.3 Å². The zero-order valence-electron chi connectivity index (χ0n) is 19.4. The highest BCUT2D eigenvalue weighted by Crippen LogP contribution is 2.12. The Bertz CT molecular complexity index is 872. The van der Waals surface area contributed by atoms with Crippen molar-refractivity contribution in [1.82, 2.24) is 19.4 Å². The Morgan fingerprint density at radius 1 is 1.19 bits per heavy atom. The van der Waals surface area contributed by atoms with E-state index < -0.39 is 0 Å². The molecule has 0 aliphatic rings. The molecule has 1 rings (SSSR count). The average molecular weight is 443 g/mol. The van der Waals surface area contributed by atoms with E-state index in [1.807, 2.05) is 22.6 Å². The standard InChI is InChI=1S/C25H35FN4O2/c1-6-8-23(14-21(3)26)18-30-20-27-16-25(30)19-29(12-13-31)11-10-28(5)17-24(9-7-2)15-22(4)32/h6-9,13-16,20,32H,1-2,10-12,17-19H2,3-5H3/b21-14+,22-15+,23-8+,24-9+. The fourth-order valence-electron chi connectivity index (χ4n) is 3.21. The molecule has 0 amide bonds. The van der Waals surface area contributed by atoms with Gasteiger partial charge in [0.1, 0.15) is 6.29 Å². The summed E-state index contributed by atoms with van der Waals surface area (Å²) in [7, 11) is 1.98. The fraction of sp³-hybridized carbons (Fsp3) is 0.360. The monoisotopic (exact) mass is 442 g/mol. The van der Waals surface area contributed by atoms with E-state index in [0.29, 0.717) is 32.7 Å². The number of aromatic nitrogens is 2. The second kappa shape index (κ2) is 14.9. The van der Waals surface area contributed by atoms with Gasteiger partial charge in [0.25, 0.3) is 0 Å². The van der Waals surface area contributed by atoms with E-state index >= 15 is 0 Å². The van der Waals surface area contributed by atoms with Crippen molar-refractivity contribution in [2.75, 3.05) is 33.2 Å². The molecular weight excluding hydrogens is 407 g/mol. The van der Waals surface area contributed by atoms with Crippen LogP contribution < -0.4 is 0 Å². The van der Waals surface area contributed by atoms with E-state index in [2.05, 4.69) is 23.0 Å². The lowest BCUT2D eigenvalue weighted by Gasteiger charge is -2.24. The second-order valence-electron chi connectivity index (χ2n) is 7.62. The lowest BCUT2D eigenvalue weighted by Crippen LogP contribution is -2.35. The van der Waals surface area contributed by atoms with E-state index in [0.717, 1.165) is 29.7 Å². The number of halogens is 1. The minimum absolute atomic E-state index is 0.241. The molecule has 0 radical (unpaired) electrons. The third kappa shape index (κ3) is 10.8. The van der Waals surface area contributed by atoms with Crippen LogP contribution in [0.15, 0.2) is 84.9 Å². The van der Waals surface area contributed by atoms with Crippen LogP contribution in [0.5, 0.6) is 0 Å². The Balaban J connectivity index is 2.82. The van der Waals surface area contributed by atoms with Crippen molar-refractivity contribution in [3.8, 4) is 0 Å². The lowest BCUT2D eigenvalue weighted by molar-refractivity contribution is -0.109. The van der Waals surface area contributed by atoms with Crippen LogP contribution in [0.3, 0.4) is 0 Å². The number of hydrogen-bond acceptors (Lipinski definition) is 5. The summed E-state index contributed by atoms with van der Waals surface area (Å²) in [4.78, 5) is 19.6. The number of carbonyl (C=O) groups excluding carboxylic acids is 1. The summed E-state index contributed by atoms with van der Waals surface area (Å²) in [6, 6.07) is 0. The Labute approximate surface area is 191 Å². The molecule has 1 aromatic rings. The van der Waals surface area contributed by atoms with Gasteiger partial charge in [0, 0.05) is 38.9 Å². The van der Waals surface area contributed by atoms with E-state index in [4.69, 9.17) is 0 Å². The van der Waals surface area contributed by atoms with Crippen LogP contribution in [0, 0.1) is 0 Å². The Hall–Kier alpha value is -3.03. The van der Waals surface area contributed by atoms with Crippen LogP contribution in [0.2, 0.25) is 0 Å². The van der Waals surface area contributed by atoms with Crippen molar-refractivity contribution >= 4 is 6.29 Å². The first kappa shape index (κ1) is 27.0. The van der Waals surface area contributed by atoms with Gasteiger partial charge < -0.3 is 19.4 Å². The smallest absolute Gasteiger partial charge is 0.133 e. The Morgan fingerprint density at radius 2 is 1.88 bits per heavy atom. The number of carbonyl (C=O) groups is 1. The number of aldehydes is 1. The summed E-state index contributed by atoms with van der Waals surface area (Å²) in [5.41, 5.74) is 2.65. The Morgan fingerprint density at radius 3 is 2.47 bits per heavy atom. The van der Waals surface area contributed by atoms with Gasteiger partial charge in [0.05, 0.1) is 30.2 Å². The molecule has 0 saturated carbocycles. The minimum Gasteiger partial charge on any atom is -0.513 e. The van der Waals surface area contributed by atoms with Gasteiger partial charge in [-0.1, -0.05) is 37.5 Å². The van der Waals surface area contributed by atoms with Crippen LogP contribution in [-0.2, 0) is 17.9 Å². The van der Waals surface area contributed by atoms with Crippen molar-refractivity contribution in [3.05, 3.63) is 90.6 Å². The van der Waals surface area contributed by atoms with Crippen molar-refractivity contribution in [3.63, 3.8) is 0 Å². The molecule has 0 aromatic carbocycles. The maximum Gasteiger partial charge on any atom is 0.133 e. The Kier molecular flexibility index (Phi) is 12.6. The van der Waals surface area contributed by atoms with Crippen molar-refractivity contribution in [2.45, 2.75) is 26.9 Å². The first-order valence-electron chi connectivity index (χ1n) is 10.5. The number of allylic oxidation sites excluding steroid dienone is 8. The summed E-state index contributed by atoms with van der Waals surface area (Å²) < 4.78 is 15.3. The molecule has 6 nitrogen and oxygen atoms in total. The molecule has 0 spiro atoms. The molecule has 0 unspecified atom stereocenters. The first-order valence-corrected chi connectivity index (χ1v) is 10.5. The number of likely N-dealkylation sites (N-methyl/N-ethyl adjacent to an activating group) is 1. The molecule has 0 saturated heterocycles. The third-order valence-electron chi connectivity index (χ3n) is 4.56. The van der Waals surface area contributed by atoms with E-state index in [1.165, 1.54) is 13.0 Å². The largest absolute Gasteiger partial charge is 0.513 e. The molecule has 1 aromatic heterocycles. The predicted octanol–water partition coefficient (Wildman–Crippen LogP) is 4.38. The number of aliphatic hydroxyl groups excluding tert-OH is 1. The molecule has 1 heterocycles. The fourth-order valence-corrected chi connectivity index (χ4v) is 3.21. The van der Waals surface area contributed by atoms with Gasteiger partial charge in [-0.25, -0.2) is 9.37 Å². The van der Waals surface area contributed by atoms with E-state index in [1.54, 1.807) is 43.8 Å². The molecule has 0 atom stereocenters. The SMILES string of the molecule is C=C/C=C(\C=C(/C)O)CN(C)CCN(CC=O)Cc1cncn1CC(/C=C(\C)F)=C/C=C. The zero-order chi connectivity index (χ0) is 23.9. The highest BCUT2D eigenvalue weighted by atomic mass is 19.1. The van der Waals surface area contributed by atoms with Gasteiger partial charge in [0.15, 0.2) is 0 Å².